The number of carboxylic acid groups (broad SMARTS) is 1. The summed E-state index contributed by atoms with van der Waals surface area (Å²) in [5, 5.41) is 13.8. The predicted octanol–water partition coefficient (Wildman–Crippen LogP) is 1.40. The highest BCUT2D eigenvalue weighted by molar-refractivity contribution is 14.1. The largest absolute Gasteiger partial charge is 0.465 e. The van der Waals surface area contributed by atoms with Gasteiger partial charge in [0.15, 0.2) is 5.65 Å². The smallest absolute Gasteiger partial charge is 0.407 e. The first-order chi connectivity index (χ1) is 10.3. The van der Waals surface area contributed by atoms with Gasteiger partial charge in [-0.25, -0.2) is 28.2 Å². The van der Waals surface area contributed by atoms with E-state index >= 15 is 0 Å². The van der Waals surface area contributed by atoms with Crippen LogP contribution < -0.4 is 5.73 Å². The molecule has 0 unspecified atom stereocenters. The van der Waals surface area contributed by atoms with Gasteiger partial charge in [0.1, 0.15) is 15.8 Å². The van der Waals surface area contributed by atoms with Crippen molar-refractivity contribution in [1.82, 2.24) is 24.6 Å². The Balaban J connectivity index is 1.96. The lowest BCUT2D eigenvalue weighted by molar-refractivity contribution is 0.0125. The van der Waals surface area contributed by atoms with Gasteiger partial charge in [-0.1, -0.05) is 0 Å². The van der Waals surface area contributed by atoms with E-state index in [-0.39, 0.29) is 12.4 Å². The van der Waals surface area contributed by atoms with E-state index in [1.165, 1.54) is 11.0 Å². The van der Waals surface area contributed by atoms with Crippen LogP contribution in [0.3, 0.4) is 0 Å². The van der Waals surface area contributed by atoms with Gasteiger partial charge in [-0.05, 0) is 22.6 Å². The van der Waals surface area contributed by atoms with Crippen molar-refractivity contribution in [3.63, 3.8) is 0 Å². The number of fused-ring (bicyclic) bond motifs is 1. The van der Waals surface area contributed by atoms with E-state index < -0.39 is 31.0 Å². The Labute approximate surface area is 136 Å². The van der Waals surface area contributed by atoms with Gasteiger partial charge in [0.05, 0.1) is 24.5 Å². The topological polar surface area (TPSA) is 110 Å². The molecule has 2 aromatic rings. The number of amides is 1. The van der Waals surface area contributed by atoms with Crippen LogP contribution in [0.2, 0.25) is 0 Å². The zero-order valence-corrected chi connectivity index (χ0v) is 13.2. The maximum atomic E-state index is 13.5. The van der Waals surface area contributed by atoms with Crippen LogP contribution in [0.4, 0.5) is 19.4 Å². The summed E-state index contributed by atoms with van der Waals surface area (Å²) >= 11 is 1.95. The average molecular weight is 424 g/mol. The summed E-state index contributed by atoms with van der Waals surface area (Å²) < 4.78 is 29.0. The van der Waals surface area contributed by atoms with Gasteiger partial charge in [0.25, 0.3) is 5.92 Å². The van der Waals surface area contributed by atoms with Gasteiger partial charge >= 0.3 is 6.09 Å². The van der Waals surface area contributed by atoms with Crippen LogP contribution in [-0.2, 0) is 6.54 Å². The van der Waals surface area contributed by atoms with Crippen LogP contribution in [0.1, 0.15) is 6.42 Å². The molecular weight excluding hydrogens is 413 g/mol. The SMILES string of the molecule is Nc1ncnc2c1c(I)nn2C[C@@H]1CC(F)(F)CN1C(=O)O. The van der Waals surface area contributed by atoms with Crippen molar-refractivity contribution in [3.05, 3.63) is 10.0 Å². The molecule has 0 aromatic carbocycles. The van der Waals surface area contributed by atoms with Gasteiger partial charge < -0.3 is 10.8 Å². The second-order valence-corrected chi connectivity index (χ2v) is 6.08. The Morgan fingerprint density at radius 3 is 2.95 bits per heavy atom. The molecule has 0 saturated carbocycles. The minimum atomic E-state index is -3.03. The van der Waals surface area contributed by atoms with Crippen molar-refractivity contribution >= 4 is 45.5 Å². The molecule has 118 valence electrons. The lowest BCUT2D eigenvalue weighted by Crippen LogP contribution is -2.37. The molecule has 1 atom stereocenters. The maximum Gasteiger partial charge on any atom is 0.407 e. The first-order valence-electron chi connectivity index (χ1n) is 6.28. The zero-order chi connectivity index (χ0) is 16.1. The number of rotatable bonds is 2. The highest BCUT2D eigenvalue weighted by Gasteiger charge is 2.47. The van der Waals surface area contributed by atoms with Crippen molar-refractivity contribution < 1.29 is 18.7 Å². The van der Waals surface area contributed by atoms with Crippen LogP contribution in [0.5, 0.6) is 0 Å². The molecule has 3 heterocycles. The highest BCUT2D eigenvalue weighted by atomic mass is 127. The fraction of sp³-hybridized carbons (Fsp3) is 0.455. The number of nitrogen functional groups attached to an aromatic ring is 1. The molecule has 0 bridgehead atoms. The van der Waals surface area contributed by atoms with E-state index in [1.807, 2.05) is 22.6 Å². The van der Waals surface area contributed by atoms with E-state index in [0.29, 0.717) is 14.7 Å². The maximum absolute atomic E-state index is 13.5. The molecule has 22 heavy (non-hydrogen) atoms. The first-order valence-corrected chi connectivity index (χ1v) is 7.36. The minimum Gasteiger partial charge on any atom is -0.465 e. The first kappa shape index (κ1) is 15.1. The number of hydrogen-bond donors (Lipinski definition) is 2. The lowest BCUT2D eigenvalue weighted by Gasteiger charge is -2.20. The van der Waals surface area contributed by atoms with E-state index in [1.54, 1.807) is 0 Å². The summed E-state index contributed by atoms with van der Waals surface area (Å²) in [6, 6.07) is -0.873. The van der Waals surface area contributed by atoms with Crippen molar-refractivity contribution in [3.8, 4) is 0 Å². The van der Waals surface area contributed by atoms with E-state index in [0.717, 1.165) is 4.90 Å². The second-order valence-electron chi connectivity index (χ2n) is 5.05. The number of hydrogen-bond acceptors (Lipinski definition) is 5. The van der Waals surface area contributed by atoms with Crippen molar-refractivity contribution in [2.45, 2.75) is 24.9 Å². The molecule has 1 fully saturated rings. The van der Waals surface area contributed by atoms with E-state index in [9.17, 15) is 13.6 Å². The number of aromatic nitrogens is 4. The Kier molecular flexibility index (Phi) is 3.53. The van der Waals surface area contributed by atoms with Gasteiger partial charge in [-0.3, -0.25) is 4.90 Å². The molecule has 2 aromatic heterocycles. The average Bonchev–Trinajstić information content (AvgIpc) is 2.89. The van der Waals surface area contributed by atoms with Crippen molar-refractivity contribution in [2.24, 2.45) is 0 Å². The molecular formula is C11H11F2IN6O2. The van der Waals surface area contributed by atoms with Crippen molar-refractivity contribution in [2.75, 3.05) is 12.3 Å². The Hall–Kier alpha value is -1.79. The van der Waals surface area contributed by atoms with Crippen LogP contribution >= 0.6 is 22.6 Å². The lowest BCUT2D eigenvalue weighted by atomic mass is 10.2. The summed E-state index contributed by atoms with van der Waals surface area (Å²) in [6.07, 6.45) is -0.662. The third kappa shape index (κ3) is 2.53. The standard InChI is InChI=1S/C11H11F2IN6O2/c12-11(13)1-5(19(3-11)10(21)22)2-20-9-6(7(14)18-20)8(15)16-4-17-9/h4-5H,1-3H2,(H,21,22)(H2,15,16,17)/t5-/m0/s1. The minimum absolute atomic E-state index is 0.0160. The molecule has 1 saturated heterocycles. The molecule has 0 aliphatic carbocycles. The van der Waals surface area contributed by atoms with Gasteiger partial charge in [0.2, 0.25) is 0 Å². The van der Waals surface area contributed by atoms with Crippen LogP contribution in [0.25, 0.3) is 11.0 Å². The van der Waals surface area contributed by atoms with Gasteiger partial charge in [-0.15, -0.1) is 0 Å². The molecule has 1 aliphatic heterocycles. The fourth-order valence-electron chi connectivity index (χ4n) is 2.60. The molecule has 1 amide bonds. The number of anilines is 1. The highest BCUT2D eigenvalue weighted by Crippen LogP contribution is 2.33. The number of nitrogens with two attached hydrogens (primary N) is 1. The third-order valence-corrected chi connectivity index (χ3v) is 4.28. The summed E-state index contributed by atoms with van der Waals surface area (Å²) in [4.78, 5) is 19.8. The normalized spacial score (nSPS) is 20.7. The van der Waals surface area contributed by atoms with Crippen LogP contribution in [0, 0.1) is 3.70 Å². The van der Waals surface area contributed by atoms with Crippen LogP contribution in [-0.4, -0.2) is 54.4 Å². The molecule has 1 aliphatic rings. The van der Waals surface area contributed by atoms with Gasteiger partial charge in [0, 0.05) is 6.42 Å². The third-order valence-electron chi connectivity index (χ3n) is 3.52. The van der Waals surface area contributed by atoms with E-state index in [4.69, 9.17) is 10.8 Å². The van der Waals surface area contributed by atoms with Gasteiger partial charge in [-0.2, -0.15) is 5.10 Å². The number of alkyl halides is 2. The number of carbonyl (C=O) groups is 1. The quantitative estimate of drug-likeness (QED) is 0.706. The molecule has 3 N–H and O–H groups in total. The molecule has 0 spiro atoms. The Morgan fingerprint density at radius 1 is 1.55 bits per heavy atom. The zero-order valence-electron chi connectivity index (χ0n) is 11.1. The number of nitrogens with zero attached hydrogens (tertiary/aromatic N) is 5. The Bertz CT molecular complexity index is 752. The summed E-state index contributed by atoms with van der Waals surface area (Å²) in [7, 11) is 0. The van der Waals surface area contributed by atoms with E-state index in [2.05, 4.69) is 15.1 Å². The molecule has 3 rings (SSSR count). The summed E-state index contributed by atoms with van der Waals surface area (Å²) in [5.41, 5.74) is 6.16. The number of likely N-dealkylation sites (tertiary alicyclic amines) is 1. The molecule has 8 nitrogen and oxygen atoms in total. The predicted molar refractivity (Wildman–Crippen MR) is 80.5 cm³/mol. The molecule has 0 radical (unpaired) electrons. The monoisotopic (exact) mass is 424 g/mol. The number of halogens is 3. The fourth-order valence-corrected chi connectivity index (χ4v) is 3.38. The van der Waals surface area contributed by atoms with Crippen molar-refractivity contribution in [1.29, 1.82) is 0 Å². The summed E-state index contributed by atoms with van der Waals surface area (Å²) in [5.74, 6) is -2.79. The summed E-state index contributed by atoms with van der Waals surface area (Å²) in [6.45, 7) is -0.821. The van der Waals surface area contributed by atoms with Crippen LogP contribution in [0.15, 0.2) is 6.33 Å². The Morgan fingerprint density at radius 2 is 2.27 bits per heavy atom. The molecule has 11 heteroatoms. The second kappa shape index (κ2) is 5.14.